The van der Waals surface area contributed by atoms with Gasteiger partial charge in [0.2, 0.25) is 0 Å². The summed E-state index contributed by atoms with van der Waals surface area (Å²) in [7, 11) is 1.43. The number of hydrogen-bond donors (Lipinski definition) is 3. The maximum absolute atomic E-state index is 12.6. The fourth-order valence-electron chi connectivity index (χ4n) is 2.80. The molecule has 1 aliphatic rings. The Morgan fingerprint density at radius 2 is 2.00 bits per heavy atom. The smallest absolute Gasteiger partial charge is 0.263 e. The predicted octanol–water partition coefficient (Wildman–Crippen LogP) is 1.10. The number of benzene rings is 1. The summed E-state index contributed by atoms with van der Waals surface area (Å²) in [6.45, 7) is 2.18. The zero-order valence-corrected chi connectivity index (χ0v) is 14.7. The highest BCUT2D eigenvalue weighted by Crippen LogP contribution is 2.29. The molecule has 2 aromatic rings. The lowest BCUT2D eigenvalue weighted by Crippen LogP contribution is -2.34. The van der Waals surface area contributed by atoms with Gasteiger partial charge in [0.25, 0.3) is 17.4 Å². The maximum Gasteiger partial charge on any atom is 0.263 e. The first-order chi connectivity index (χ1) is 12.4. The van der Waals surface area contributed by atoms with E-state index in [0.717, 1.165) is 6.42 Å². The van der Waals surface area contributed by atoms with Crippen LogP contribution in [0.1, 0.15) is 39.6 Å². The number of pyridine rings is 1. The van der Waals surface area contributed by atoms with E-state index in [9.17, 15) is 19.5 Å². The number of aromatic hydroxyl groups is 1. The van der Waals surface area contributed by atoms with Crippen LogP contribution < -0.4 is 16.2 Å². The molecule has 0 spiro atoms. The van der Waals surface area contributed by atoms with E-state index in [1.54, 1.807) is 12.1 Å². The van der Waals surface area contributed by atoms with Crippen molar-refractivity contribution in [3.8, 4) is 5.75 Å². The SMILES string of the molecule is CNC(=O)c1cc(C(=O)N[C@H]2C[C@@H]2C)cn(Cc2cccc(O)c2)c1=O. The van der Waals surface area contributed by atoms with Crippen LogP contribution in [-0.2, 0) is 6.54 Å². The number of carbonyl (C=O) groups is 2. The Morgan fingerprint density at radius 1 is 1.27 bits per heavy atom. The van der Waals surface area contributed by atoms with Crippen molar-refractivity contribution in [3.05, 3.63) is 63.6 Å². The highest BCUT2D eigenvalue weighted by Gasteiger charge is 2.34. The zero-order chi connectivity index (χ0) is 18.8. The Balaban J connectivity index is 1.98. The summed E-state index contributed by atoms with van der Waals surface area (Å²) in [5.74, 6) is -0.336. The lowest BCUT2D eigenvalue weighted by Gasteiger charge is -2.12. The molecule has 136 valence electrons. The van der Waals surface area contributed by atoms with Gasteiger partial charge >= 0.3 is 0 Å². The molecular weight excluding hydrogens is 334 g/mol. The third-order valence-electron chi connectivity index (χ3n) is 4.51. The fourth-order valence-corrected chi connectivity index (χ4v) is 2.80. The number of rotatable bonds is 5. The second-order valence-electron chi connectivity index (χ2n) is 6.62. The Bertz CT molecular complexity index is 919. The van der Waals surface area contributed by atoms with Crippen molar-refractivity contribution in [2.24, 2.45) is 5.92 Å². The largest absolute Gasteiger partial charge is 0.508 e. The van der Waals surface area contributed by atoms with Gasteiger partial charge in [-0.05, 0) is 36.1 Å². The number of phenols is 1. The molecular formula is C19H21N3O4. The van der Waals surface area contributed by atoms with Crippen molar-refractivity contribution in [3.63, 3.8) is 0 Å². The average molecular weight is 355 g/mol. The molecule has 0 aliphatic heterocycles. The van der Waals surface area contributed by atoms with E-state index in [1.807, 2.05) is 6.92 Å². The first kappa shape index (κ1) is 17.7. The van der Waals surface area contributed by atoms with Crippen molar-refractivity contribution >= 4 is 11.8 Å². The molecule has 1 aromatic heterocycles. The molecule has 2 atom stereocenters. The minimum Gasteiger partial charge on any atom is -0.508 e. The summed E-state index contributed by atoms with van der Waals surface area (Å²) in [6, 6.07) is 7.94. The highest BCUT2D eigenvalue weighted by molar-refractivity contribution is 5.99. The molecule has 3 N–H and O–H groups in total. The van der Waals surface area contributed by atoms with Gasteiger partial charge in [0.1, 0.15) is 11.3 Å². The fraction of sp³-hybridized carbons (Fsp3) is 0.316. The molecule has 1 saturated carbocycles. The van der Waals surface area contributed by atoms with Crippen LogP contribution >= 0.6 is 0 Å². The summed E-state index contributed by atoms with van der Waals surface area (Å²) in [5.41, 5.74) is 0.346. The number of hydrogen-bond acceptors (Lipinski definition) is 4. The molecule has 3 rings (SSSR count). The van der Waals surface area contributed by atoms with Crippen LogP contribution in [0.15, 0.2) is 41.3 Å². The molecule has 0 radical (unpaired) electrons. The van der Waals surface area contributed by atoms with Gasteiger partial charge in [-0.25, -0.2) is 0 Å². The van der Waals surface area contributed by atoms with Crippen LogP contribution in [-0.4, -0.2) is 34.6 Å². The molecule has 2 amide bonds. The van der Waals surface area contributed by atoms with Gasteiger partial charge in [0.05, 0.1) is 12.1 Å². The van der Waals surface area contributed by atoms with E-state index in [-0.39, 0.29) is 35.4 Å². The Kier molecular flexibility index (Phi) is 4.79. The Morgan fingerprint density at radius 3 is 2.62 bits per heavy atom. The van der Waals surface area contributed by atoms with Gasteiger partial charge in [-0.3, -0.25) is 14.4 Å². The first-order valence-corrected chi connectivity index (χ1v) is 8.44. The van der Waals surface area contributed by atoms with Crippen LogP contribution in [0.25, 0.3) is 0 Å². The number of nitrogens with zero attached hydrogens (tertiary/aromatic N) is 1. The Hall–Kier alpha value is -3.09. The van der Waals surface area contributed by atoms with Crippen molar-refractivity contribution in [1.82, 2.24) is 15.2 Å². The van der Waals surface area contributed by atoms with Crippen LogP contribution in [0.4, 0.5) is 0 Å². The quantitative estimate of drug-likeness (QED) is 0.748. The van der Waals surface area contributed by atoms with Crippen LogP contribution in [0.2, 0.25) is 0 Å². The van der Waals surface area contributed by atoms with Crippen LogP contribution in [0.3, 0.4) is 0 Å². The second kappa shape index (κ2) is 7.03. The third kappa shape index (κ3) is 3.77. The minimum absolute atomic E-state index is 0.0821. The molecule has 1 aromatic carbocycles. The molecule has 0 bridgehead atoms. The lowest BCUT2D eigenvalue weighted by molar-refractivity contribution is 0.0948. The number of nitrogens with one attached hydrogen (secondary N) is 2. The van der Waals surface area contributed by atoms with Gasteiger partial charge in [-0.1, -0.05) is 19.1 Å². The van der Waals surface area contributed by atoms with Crippen LogP contribution in [0.5, 0.6) is 5.75 Å². The third-order valence-corrected chi connectivity index (χ3v) is 4.51. The maximum atomic E-state index is 12.6. The van der Waals surface area contributed by atoms with Gasteiger partial charge in [-0.15, -0.1) is 0 Å². The molecule has 26 heavy (non-hydrogen) atoms. The monoisotopic (exact) mass is 355 g/mol. The van der Waals surface area contributed by atoms with E-state index in [0.29, 0.717) is 11.5 Å². The number of aromatic nitrogens is 1. The molecule has 0 unspecified atom stereocenters. The molecule has 7 nitrogen and oxygen atoms in total. The second-order valence-corrected chi connectivity index (χ2v) is 6.62. The Labute approximate surface area is 150 Å². The number of carbonyl (C=O) groups excluding carboxylic acids is 2. The van der Waals surface area contributed by atoms with E-state index in [1.165, 1.54) is 36.0 Å². The average Bonchev–Trinajstić information content (AvgIpc) is 3.30. The summed E-state index contributed by atoms with van der Waals surface area (Å²) in [6.07, 6.45) is 2.37. The van der Waals surface area contributed by atoms with E-state index < -0.39 is 11.5 Å². The summed E-state index contributed by atoms with van der Waals surface area (Å²) < 4.78 is 1.31. The topological polar surface area (TPSA) is 100 Å². The molecule has 0 saturated heterocycles. The van der Waals surface area contributed by atoms with Crippen molar-refractivity contribution in [2.75, 3.05) is 7.05 Å². The standard InChI is InChI=1S/C19H21N3O4/c1-11-6-16(11)21-17(24)13-8-15(18(25)20-2)19(26)22(10-13)9-12-4-3-5-14(23)7-12/h3-5,7-8,10-11,16,23H,6,9H2,1-2H3,(H,20,25)(H,21,24)/t11-,16-/m0/s1. The predicted molar refractivity (Wildman–Crippen MR) is 96.3 cm³/mol. The summed E-state index contributed by atoms with van der Waals surface area (Å²) in [4.78, 5) is 37.2. The summed E-state index contributed by atoms with van der Waals surface area (Å²) >= 11 is 0. The molecule has 1 aliphatic carbocycles. The van der Waals surface area contributed by atoms with Crippen molar-refractivity contribution < 1.29 is 14.7 Å². The van der Waals surface area contributed by atoms with Gasteiger partial charge < -0.3 is 20.3 Å². The number of phenolic OH excluding ortho intramolecular Hbond substituents is 1. The van der Waals surface area contributed by atoms with Gasteiger partial charge in [0, 0.05) is 19.3 Å². The number of amides is 2. The van der Waals surface area contributed by atoms with Gasteiger partial charge in [0.15, 0.2) is 0 Å². The zero-order valence-electron chi connectivity index (χ0n) is 14.7. The lowest BCUT2D eigenvalue weighted by atomic mass is 10.1. The van der Waals surface area contributed by atoms with Gasteiger partial charge in [-0.2, -0.15) is 0 Å². The normalized spacial score (nSPS) is 18.2. The van der Waals surface area contributed by atoms with Crippen molar-refractivity contribution in [1.29, 1.82) is 0 Å². The minimum atomic E-state index is -0.547. The highest BCUT2D eigenvalue weighted by atomic mass is 16.3. The molecule has 1 fully saturated rings. The molecule has 1 heterocycles. The first-order valence-electron chi connectivity index (χ1n) is 8.44. The summed E-state index contributed by atoms with van der Waals surface area (Å²) in [5, 5.41) is 14.9. The van der Waals surface area contributed by atoms with Crippen LogP contribution in [0, 0.1) is 5.92 Å². The van der Waals surface area contributed by atoms with E-state index in [2.05, 4.69) is 10.6 Å². The van der Waals surface area contributed by atoms with E-state index in [4.69, 9.17) is 0 Å². The van der Waals surface area contributed by atoms with Crippen molar-refractivity contribution in [2.45, 2.75) is 25.9 Å². The molecule has 7 heteroatoms. The van der Waals surface area contributed by atoms with E-state index >= 15 is 0 Å².